The van der Waals surface area contributed by atoms with Gasteiger partial charge >= 0.3 is 0 Å². The molecular weight excluding hydrogens is 326 g/mol. The Hall–Kier alpha value is -1.90. The van der Waals surface area contributed by atoms with Gasteiger partial charge in [0.25, 0.3) is 0 Å². The molecule has 2 aliphatic rings. The summed E-state index contributed by atoms with van der Waals surface area (Å²) in [6.07, 6.45) is 3.63. The maximum atomic E-state index is 12.5. The number of anilines is 1. The summed E-state index contributed by atoms with van der Waals surface area (Å²) < 4.78 is 12.5. The van der Waals surface area contributed by atoms with Crippen LogP contribution in [0.1, 0.15) is 57.4 Å². The number of H-pyrrole nitrogens is 1. The molecule has 1 fully saturated rings. The highest BCUT2D eigenvalue weighted by atomic mass is 32.2. The molecule has 1 aliphatic carbocycles. The molecule has 2 aromatic heterocycles. The van der Waals surface area contributed by atoms with Crippen LogP contribution in [0.5, 0.6) is 0 Å². The molecule has 1 saturated carbocycles. The smallest absolute Gasteiger partial charge is 0.199 e. The summed E-state index contributed by atoms with van der Waals surface area (Å²) in [5.74, 6) is 2.69. The van der Waals surface area contributed by atoms with Gasteiger partial charge in [0.05, 0.1) is 16.5 Å². The van der Waals surface area contributed by atoms with Gasteiger partial charge < -0.3 is 5.32 Å². The molecule has 3 heterocycles. The van der Waals surface area contributed by atoms with E-state index < -0.39 is 10.8 Å². The molecule has 1 atom stereocenters. The lowest BCUT2D eigenvalue weighted by atomic mass is 9.76. The van der Waals surface area contributed by atoms with Crippen molar-refractivity contribution in [3.05, 3.63) is 17.3 Å². The van der Waals surface area contributed by atoms with Crippen LogP contribution in [0, 0.1) is 0 Å². The lowest BCUT2D eigenvalue weighted by Crippen LogP contribution is -2.44. The van der Waals surface area contributed by atoms with Crippen LogP contribution in [0.15, 0.2) is 4.90 Å². The molecule has 4 rings (SSSR count). The second kappa shape index (κ2) is 5.30. The fraction of sp³-hybridized carbons (Fsp3) is 0.667. The van der Waals surface area contributed by atoms with Gasteiger partial charge in [-0.05, 0) is 19.3 Å². The third-order valence-corrected chi connectivity index (χ3v) is 6.16. The summed E-state index contributed by atoms with van der Waals surface area (Å²) in [6, 6.07) is 0. The molecule has 0 saturated heterocycles. The monoisotopic (exact) mass is 347 g/mol. The molecular formula is C15H21N7OS. The van der Waals surface area contributed by atoms with Gasteiger partial charge in [0, 0.05) is 17.6 Å². The molecule has 8 nitrogen and oxygen atoms in total. The van der Waals surface area contributed by atoms with Crippen LogP contribution in [0.3, 0.4) is 0 Å². The molecule has 1 aliphatic heterocycles. The molecule has 128 valence electrons. The van der Waals surface area contributed by atoms with Crippen LogP contribution in [-0.4, -0.2) is 40.6 Å². The largest absolute Gasteiger partial charge is 0.356 e. The Morgan fingerprint density at radius 2 is 2.04 bits per heavy atom. The number of nitrogens with one attached hydrogen (secondary N) is 2. The molecule has 9 heteroatoms. The topological polar surface area (TPSA) is 109 Å². The zero-order valence-corrected chi connectivity index (χ0v) is 14.9. The second-order valence-electron chi connectivity index (χ2n) is 7.52. The van der Waals surface area contributed by atoms with Crippen molar-refractivity contribution in [2.45, 2.75) is 62.3 Å². The van der Waals surface area contributed by atoms with Crippen molar-refractivity contribution in [2.24, 2.45) is 0 Å². The molecule has 1 unspecified atom stereocenters. The Morgan fingerprint density at radius 1 is 1.25 bits per heavy atom. The van der Waals surface area contributed by atoms with Gasteiger partial charge in [-0.3, -0.25) is 4.21 Å². The van der Waals surface area contributed by atoms with Gasteiger partial charge in [-0.1, -0.05) is 26.0 Å². The number of aromatic amines is 1. The van der Waals surface area contributed by atoms with E-state index in [2.05, 4.69) is 51.7 Å². The lowest BCUT2D eigenvalue weighted by Gasteiger charge is -2.40. The van der Waals surface area contributed by atoms with Crippen molar-refractivity contribution in [2.75, 3.05) is 11.1 Å². The highest BCUT2D eigenvalue weighted by Crippen LogP contribution is 2.43. The summed E-state index contributed by atoms with van der Waals surface area (Å²) in [5.41, 5.74) is 0.351. The Balaban J connectivity index is 1.80. The number of fused-ring (bicyclic) bond motifs is 1. The minimum absolute atomic E-state index is 0.172. The summed E-state index contributed by atoms with van der Waals surface area (Å²) in [7, 11) is -1.06. The predicted molar refractivity (Wildman–Crippen MR) is 89.0 cm³/mol. The third-order valence-electron chi connectivity index (χ3n) is 4.70. The summed E-state index contributed by atoms with van der Waals surface area (Å²) >= 11 is 0. The minimum Gasteiger partial charge on any atom is -0.356 e. The first-order valence-electron chi connectivity index (χ1n) is 8.21. The third kappa shape index (κ3) is 2.42. The maximum Gasteiger partial charge on any atom is 0.199 e. The van der Waals surface area contributed by atoms with Crippen molar-refractivity contribution in [1.29, 1.82) is 0 Å². The van der Waals surface area contributed by atoms with Gasteiger partial charge in [0.15, 0.2) is 5.82 Å². The van der Waals surface area contributed by atoms with Crippen molar-refractivity contribution in [3.63, 3.8) is 0 Å². The van der Waals surface area contributed by atoms with Gasteiger partial charge in [0.1, 0.15) is 22.1 Å². The van der Waals surface area contributed by atoms with Crippen LogP contribution in [0.4, 0.5) is 5.82 Å². The van der Waals surface area contributed by atoms with Crippen LogP contribution >= 0.6 is 0 Å². The standard InChI is InChI=1S/C15H21N7OS/c1-14(2,3)12-16-9-5-8-24(23)10(9)11(17-12)18-15(6-4-7-15)13-19-21-22-20-13/h4-8H2,1-3H3,(H,16,17,18)(H,19,20,21,22). The molecule has 0 aromatic carbocycles. The average Bonchev–Trinajstić information content (AvgIpc) is 3.12. The lowest BCUT2D eigenvalue weighted by molar-refractivity contribution is 0.266. The first-order valence-corrected chi connectivity index (χ1v) is 9.53. The second-order valence-corrected chi connectivity index (χ2v) is 9.02. The van der Waals surface area contributed by atoms with Gasteiger partial charge in [-0.2, -0.15) is 5.21 Å². The van der Waals surface area contributed by atoms with Crippen LogP contribution in [0.25, 0.3) is 0 Å². The summed E-state index contributed by atoms with van der Waals surface area (Å²) in [5, 5.41) is 18.0. The fourth-order valence-electron chi connectivity index (χ4n) is 3.14. The van der Waals surface area contributed by atoms with Crippen molar-refractivity contribution < 1.29 is 4.21 Å². The molecule has 0 spiro atoms. The number of nitrogens with zero attached hydrogens (tertiary/aromatic N) is 5. The average molecular weight is 347 g/mol. The quantitative estimate of drug-likeness (QED) is 0.864. The zero-order chi connectivity index (χ0) is 16.9. The number of aryl methyl sites for hydroxylation is 1. The highest BCUT2D eigenvalue weighted by molar-refractivity contribution is 7.85. The molecule has 2 N–H and O–H groups in total. The Bertz CT molecular complexity index is 793. The molecule has 2 aromatic rings. The van der Waals surface area contributed by atoms with E-state index in [-0.39, 0.29) is 11.0 Å². The summed E-state index contributed by atoms with van der Waals surface area (Å²) in [6.45, 7) is 6.26. The van der Waals surface area contributed by atoms with E-state index in [4.69, 9.17) is 4.98 Å². The van der Waals surface area contributed by atoms with Gasteiger partial charge in [0.2, 0.25) is 0 Å². The van der Waals surface area contributed by atoms with Crippen LogP contribution in [-0.2, 0) is 28.2 Å². The Morgan fingerprint density at radius 3 is 2.62 bits per heavy atom. The number of hydrogen-bond acceptors (Lipinski definition) is 7. The van der Waals surface area contributed by atoms with E-state index in [1.807, 2.05) is 0 Å². The molecule has 0 amide bonds. The Kier molecular flexibility index (Phi) is 3.45. The molecule has 0 radical (unpaired) electrons. The van der Waals surface area contributed by atoms with E-state index in [9.17, 15) is 4.21 Å². The predicted octanol–water partition coefficient (Wildman–Crippen LogP) is 1.44. The number of rotatable bonds is 3. The maximum absolute atomic E-state index is 12.5. The zero-order valence-electron chi connectivity index (χ0n) is 14.1. The fourth-order valence-corrected chi connectivity index (χ4v) is 4.45. The van der Waals surface area contributed by atoms with Gasteiger partial charge in [-0.25, -0.2) is 9.97 Å². The number of aromatic nitrogens is 6. The SMILES string of the molecule is CC(C)(C)c1nc2c(c(NC3(c4nn[nH]n4)CCC3)n1)S(=O)CC2. The first kappa shape index (κ1) is 15.6. The highest BCUT2D eigenvalue weighted by Gasteiger charge is 2.44. The molecule has 24 heavy (non-hydrogen) atoms. The Labute approximate surface area is 142 Å². The van der Waals surface area contributed by atoms with E-state index >= 15 is 0 Å². The summed E-state index contributed by atoms with van der Waals surface area (Å²) in [4.78, 5) is 10.2. The van der Waals surface area contributed by atoms with Crippen molar-refractivity contribution in [1.82, 2.24) is 30.6 Å². The van der Waals surface area contributed by atoms with E-state index in [1.165, 1.54) is 0 Å². The normalized spacial score (nSPS) is 22.0. The van der Waals surface area contributed by atoms with E-state index in [0.717, 1.165) is 42.1 Å². The molecule has 0 bridgehead atoms. The first-order chi connectivity index (χ1) is 11.4. The number of tetrazole rings is 1. The van der Waals surface area contributed by atoms with E-state index in [1.54, 1.807) is 0 Å². The van der Waals surface area contributed by atoms with Crippen molar-refractivity contribution >= 4 is 16.6 Å². The van der Waals surface area contributed by atoms with Crippen LogP contribution in [0.2, 0.25) is 0 Å². The number of hydrogen-bond donors (Lipinski definition) is 2. The van der Waals surface area contributed by atoms with Crippen LogP contribution < -0.4 is 5.32 Å². The van der Waals surface area contributed by atoms with Crippen molar-refractivity contribution in [3.8, 4) is 0 Å². The van der Waals surface area contributed by atoms with Gasteiger partial charge in [-0.15, -0.1) is 10.2 Å². The van der Waals surface area contributed by atoms with E-state index in [0.29, 0.717) is 17.4 Å². The minimum atomic E-state index is -1.06.